The predicted octanol–water partition coefficient (Wildman–Crippen LogP) is 4.59. The summed E-state index contributed by atoms with van der Waals surface area (Å²) in [5.74, 6) is 1.06. The van der Waals surface area contributed by atoms with Crippen LogP contribution in [0.15, 0.2) is 30.3 Å². The SMILES string of the molecule is Cc1cc(OCP(=O)(O)O)cc2c1[C@@](C)(c1ccc(O)c(C(C)C)c1)CC2. The molecule has 0 fully saturated rings. The molecule has 1 aliphatic rings. The van der Waals surface area contributed by atoms with E-state index in [1.807, 2.05) is 25.1 Å². The maximum atomic E-state index is 11.1. The van der Waals surface area contributed by atoms with Gasteiger partial charge in [0.25, 0.3) is 0 Å². The minimum Gasteiger partial charge on any atom is -0.508 e. The van der Waals surface area contributed by atoms with Crippen LogP contribution in [0.2, 0.25) is 0 Å². The summed E-state index contributed by atoms with van der Waals surface area (Å²) in [6.45, 7) is 8.37. The third-order valence-corrected chi connectivity index (χ3v) is 5.99. The van der Waals surface area contributed by atoms with Crippen LogP contribution in [0.4, 0.5) is 0 Å². The van der Waals surface area contributed by atoms with Crippen molar-refractivity contribution in [1.29, 1.82) is 0 Å². The van der Waals surface area contributed by atoms with Crippen LogP contribution in [0.25, 0.3) is 0 Å². The maximum absolute atomic E-state index is 11.1. The fourth-order valence-corrected chi connectivity index (χ4v) is 4.53. The first-order valence-corrected chi connectivity index (χ1v) is 11.0. The largest absolute Gasteiger partial charge is 0.508 e. The summed E-state index contributed by atoms with van der Waals surface area (Å²) in [5, 5.41) is 10.2. The third kappa shape index (κ3) is 3.91. The highest BCUT2D eigenvalue weighted by molar-refractivity contribution is 7.51. The average Bonchev–Trinajstić information content (AvgIpc) is 2.91. The molecule has 27 heavy (non-hydrogen) atoms. The zero-order valence-electron chi connectivity index (χ0n) is 16.2. The number of rotatable bonds is 5. The molecule has 3 N–H and O–H groups in total. The topological polar surface area (TPSA) is 87.0 Å². The predicted molar refractivity (Wildman–Crippen MR) is 106 cm³/mol. The number of phenols is 1. The minimum absolute atomic E-state index is 0.168. The van der Waals surface area contributed by atoms with Gasteiger partial charge in [-0.25, -0.2) is 0 Å². The molecule has 0 aliphatic heterocycles. The van der Waals surface area contributed by atoms with Crippen LogP contribution in [0.1, 0.15) is 60.9 Å². The Morgan fingerprint density at radius 1 is 1.22 bits per heavy atom. The maximum Gasteiger partial charge on any atom is 0.362 e. The Hall–Kier alpha value is -1.81. The van der Waals surface area contributed by atoms with Gasteiger partial charge < -0.3 is 19.6 Å². The number of hydrogen-bond donors (Lipinski definition) is 3. The van der Waals surface area contributed by atoms with Crippen LogP contribution in [0.3, 0.4) is 0 Å². The Labute approximate surface area is 160 Å². The summed E-state index contributed by atoms with van der Waals surface area (Å²) in [4.78, 5) is 18.1. The van der Waals surface area contributed by atoms with Gasteiger partial charge in [-0.2, -0.15) is 0 Å². The van der Waals surface area contributed by atoms with Gasteiger partial charge >= 0.3 is 7.60 Å². The average molecular weight is 390 g/mol. The Balaban J connectivity index is 2.01. The van der Waals surface area contributed by atoms with E-state index < -0.39 is 13.9 Å². The number of aryl methyl sites for hydroxylation is 2. The lowest BCUT2D eigenvalue weighted by Crippen LogP contribution is -2.21. The van der Waals surface area contributed by atoms with Crippen molar-refractivity contribution in [2.75, 3.05) is 6.35 Å². The molecular formula is C21H27O5P. The molecule has 2 aromatic carbocycles. The van der Waals surface area contributed by atoms with Gasteiger partial charge in [0.2, 0.25) is 0 Å². The third-order valence-electron chi connectivity index (χ3n) is 5.52. The molecule has 0 saturated carbocycles. The first-order valence-electron chi connectivity index (χ1n) is 9.16. The van der Waals surface area contributed by atoms with Crippen molar-refractivity contribution in [2.45, 2.75) is 51.9 Å². The molecule has 0 radical (unpaired) electrons. The molecule has 0 saturated heterocycles. The van der Waals surface area contributed by atoms with Crippen LogP contribution < -0.4 is 4.74 Å². The second-order valence-corrected chi connectivity index (χ2v) is 9.56. The van der Waals surface area contributed by atoms with Crippen molar-refractivity contribution in [3.8, 4) is 11.5 Å². The van der Waals surface area contributed by atoms with Crippen molar-refractivity contribution in [1.82, 2.24) is 0 Å². The highest BCUT2D eigenvalue weighted by atomic mass is 31.2. The van der Waals surface area contributed by atoms with E-state index in [-0.39, 0.29) is 11.3 Å². The molecule has 1 aliphatic carbocycles. The number of benzene rings is 2. The standard InChI is InChI=1S/C21H27O5P/c1-13(2)18-11-16(5-6-19(18)22)21(4)8-7-15-10-17(9-14(3)20(15)21)26-12-27(23,24)25/h5-6,9-11,13,22H,7-8,12H2,1-4H3,(H2,23,24,25)/t21-/m1/s1. The van der Waals surface area contributed by atoms with E-state index >= 15 is 0 Å². The summed E-state index contributed by atoms with van der Waals surface area (Å²) in [7, 11) is -4.21. The Kier molecular flexibility index (Phi) is 5.15. The molecule has 146 valence electrons. The molecule has 0 amide bonds. The van der Waals surface area contributed by atoms with E-state index in [4.69, 9.17) is 14.5 Å². The van der Waals surface area contributed by atoms with Gasteiger partial charge in [-0.1, -0.05) is 32.9 Å². The summed E-state index contributed by atoms with van der Waals surface area (Å²) in [6.07, 6.45) is 1.20. The van der Waals surface area contributed by atoms with E-state index in [2.05, 4.69) is 26.8 Å². The molecule has 1 atom stereocenters. The molecule has 0 aromatic heterocycles. The van der Waals surface area contributed by atoms with E-state index in [0.717, 1.165) is 29.5 Å². The first kappa shape index (κ1) is 19.9. The molecule has 6 heteroatoms. The molecule has 0 heterocycles. The Morgan fingerprint density at radius 3 is 2.56 bits per heavy atom. The molecule has 5 nitrogen and oxygen atoms in total. The summed E-state index contributed by atoms with van der Waals surface area (Å²) < 4.78 is 16.4. The van der Waals surface area contributed by atoms with Crippen LogP contribution in [0, 0.1) is 6.92 Å². The normalized spacial score (nSPS) is 19.4. The molecule has 3 rings (SSSR count). The number of ether oxygens (including phenoxy) is 1. The van der Waals surface area contributed by atoms with Gasteiger partial charge in [-0.3, -0.25) is 4.57 Å². The van der Waals surface area contributed by atoms with E-state index in [9.17, 15) is 9.67 Å². The zero-order valence-corrected chi connectivity index (χ0v) is 17.1. The molecular weight excluding hydrogens is 363 g/mol. The number of fused-ring (bicyclic) bond motifs is 1. The van der Waals surface area contributed by atoms with Gasteiger partial charge in [0, 0.05) is 5.41 Å². The number of hydrogen-bond acceptors (Lipinski definition) is 3. The summed E-state index contributed by atoms with van der Waals surface area (Å²) in [6, 6.07) is 9.62. The summed E-state index contributed by atoms with van der Waals surface area (Å²) in [5.41, 5.74) is 5.39. The van der Waals surface area contributed by atoms with Crippen molar-refractivity contribution < 1.29 is 24.2 Å². The van der Waals surface area contributed by atoms with Gasteiger partial charge in [0.15, 0.2) is 6.35 Å². The minimum atomic E-state index is -4.21. The molecule has 0 bridgehead atoms. The van der Waals surface area contributed by atoms with Crippen molar-refractivity contribution in [3.05, 3.63) is 58.1 Å². The lowest BCUT2D eigenvalue weighted by molar-refractivity contribution is 0.300. The molecule has 0 spiro atoms. The molecule has 2 aromatic rings. The first-order chi connectivity index (χ1) is 12.5. The van der Waals surface area contributed by atoms with Crippen LogP contribution in [-0.4, -0.2) is 21.2 Å². The Bertz CT molecular complexity index is 915. The number of phenolic OH excluding ortho intramolecular Hbond substituents is 1. The summed E-state index contributed by atoms with van der Waals surface area (Å²) >= 11 is 0. The van der Waals surface area contributed by atoms with E-state index in [0.29, 0.717) is 11.5 Å². The fraction of sp³-hybridized carbons (Fsp3) is 0.429. The van der Waals surface area contributed by atoms with Crippen molar-refractivity contribution in [2.24, 2.45) is 0 Å². The van der Waals surface area contributed by atoms with Gasteiger partial charge in [-0.05, 0) is 71.7 Å². The van der Waals surface area contributed by atoms with Crippen LogP contribution >= 0.6 is 7.60 Å². The molecule has 0 unspecified atom stereocenters. The van der Waals surface area contributed by atoms with Crippen LogP contribution in [0.5, 0.6) is 11.5 Å². The quantitative estimate of drug-likeness (QED) is 0.650. The number of aromatic hydroxyl groups is 1. The van der Waals surface area contributed by atoms with E-state index in [1.54, 1.807) is 6.07 Å². The highest BCUT2D eigenvalue weighted by Gasteiger charge is 2.38. The highest BCUT2D eigenvalue weighted by Crippen LogP contribution is 2.48. The lowest BCUT2D eigenvalue weighted by atomic mass is 9.75. The zero-order chi connectivity index (χ0) is 20.0. The fourth-order valence-electron chi connectivity index (χ4n) is 4.21. The van der Waals surface area contributed by atoms with Crippen LogP contribution in [-0.2, 0) is 16.4 Å². The smallest absolute Gasteiger partial charge is 0.362 e. The van der Waals surface area contributed by atoms with Crippen molar-refractivity contribution in [3.63, 3.8) is 0 Å². The van der Waals surface area contributed by atoms with Crippen molar-refractivity contribution >= 4 is 7.60 Å². The monoisotopic (exact) mass is 390 g/mol. The van der Waals surface area contributed by atoms with Gasteiger partial charge in [0.05, 0.1) is 0 Å². The second kappa shape index (κ2) is 6.97. The lowest BCUT2D eigenvalue weighted by Gasteiger charge is -2.29. The second-order valence-electron chi connectivity index (χ2n) is 7.97. The van der Waals surface area contributed by atoms with Gasteiger partial charge in [0.1, 0.15) is 11.5 Å². The van der Waals surface area contributed by atoms with E-state index in [1.165, 1.54) is 11.1 Å². The van der Waals surface area contributed by atoms with Gasteiger partial charge in [-0.15, -0.1) is 0 Å². The Morgan fingerprint density at radius 2 is 1.93 bits per heavy atom.